The van der Waals surface area contributed by atoms with Crippen LogP contribution in [0.25, 0.3) is 0 Å². The lowest BCUT2D eigenvalue weighted by molar-refractivity contribution is -0.0423. The molecule has 2 saturated heterocycles. The highest BCUT2D eigenvalue weighted by Gasteiger charge is 2.30. The van der Waals surface area contributed by atoms with Crippen molar-refractivity contribution in [3.05, 3.63) is 18.1 Å². The molecule has 3 rings (SSSR count). The summed E-state index contributed by atoms with van der Waals surface area (Å²) in [7, 11) is 0. The van der Waals surface area contributed by atoms with Crippen molar-refractivity contribution in [1.29, 1.82) is 0 Å². The average molecular weight is 305 g/mol. The molecule has 1 atom stereocenters. The van der Waals surface area contributed by atoms with E-state index in [0.717, 1.165) is 45.6 Å². The Kier molecular flexibility index (Phi) is 4.54. The molecule has 120 valence electrons. The number of anilines is 1. The summed E-state index contributed by atoms with van der Waals surface area (Å²) in [5.74, 6) is 0.0935. The van der Waals surface area contributed by atoms with Gasteiger partial charge in [-0.1, -0.05) is 0 Å². The first-order chi connectivity index (χ1) is 10.6. The number of hydrogen-bond acceptors (Lipinski definition) is 6. The first-order valence-electron chi connectivity index (χ1n) is 7.86. The fourth-order valence-electron chi connectivity index (χ4n) is 3.27. The molecular formula is C15H23N5O2. The van der Waals surface area contributed by atoms with Gasteiger partial charge in [0.1, 0.15) is 0 Å². The molecule has 0 radical (unpaired) electrons. The summed E-state index contributed by atoms with van der Waals surface area (Å²) in [6, 6.07) is 0.537. The van der Waals surface area contributed by atoms with Gasteiger partial charge in [-0.15, -0.1) is 0 Å². The average Bonchev–Trinajstić information content (AvgIpc) is 2.55. The molecule has 7 nitrogen and oxygen atoms in total. The van der Waals surface area contributed by atoms with Crippen molar-refractivity contribution in [2.75, 3.05) is 38.5 Å². The maximum Gasteiger partial charge on any atom is 0.276 e. The molecule has 0 saturated carbocycles. The number of likely N-dealkylation sites (tertiary alicyclic amines) is 1. The van der Waals surface area contributed by atoms with Gasteiger partial charge >= 0.3 is 0 Å². The number of nitrogen functional groups attached to an aromatic ring is 1. The SMILES string of the molecule is C[C@@H]1CN(C2CCN(C(=O)c3nccnc3N)CC2)CCO1. The third-order valence-corrected chi connectivity index (χ3v) is 4.47. The minimum Gasteiger partial charge on any atom is -0.382 e. The lowest BCUT2D eigenvalue weighted by atomic mass is 10.0. The Morgan fingerprint density at radius 3 is 2.68 bits per heavy atom. The van der Waals surface area contributed by atoms with E-state index >= 15 is 0 Å². The van der Waals surface area contributed by atoms with Crippen LogP contribution in [0.5, 0.6) is 0 Å². The van der Waals surface area contributed by atoms with Gasteiger partial charge in [-0.25, -0.2) is 9.97 Å². The van der Waals surface area contributed by atoms with E-state index in [2.05, 4.69) is 21.8 Å². The highest BCUT2D eigenvalue weighted by molar-refractivity contribution is 5.96. The number of carbonyl (C=O) groups excluding carboxylic acids is 1. The molecule has 0 spiro atoms. The van der Waals surface area contributed by atoms with Crippen molar-refractivity contribution in [2.24, 2.45) is 0 Å². The number of piperidine rings is 1. The number of nitrogens with two attached hydrogens (primary N) is 1. The zero-order valence-corrected chi connectivity index (χ0v) is 12.9. The molecule has 7 heteroatoms. The summed E-state index contributed by atoms with van der Waals surface area (Å²) < 4.78 is 5.59. The van der Waals surface area contributed by atoms with Crippen LogP contribution in [-0.4, -0.2) is 70.6 Å². The van der Waals surface area contributed by atoms with Crippen molar-refractivity contribution >= 4 is 11.7 Å². The van der Waals surface area contributed by atoms with Gasteiger partial charge < -0.3 is 15.4 Å². The van der Waals surface area contributed by atoms with Gasteiger partial charge in [0.15, 0.2) is 11.5 Å². The Bertz CT molecular complexity index is 530. The van der Waals surface area contributed by atoms with E-state index in [9.17, 15) is 4.79 Å². The van der Waals surface area contributed by atoms with E-state index in [4.69, 9.17) is 10.5 Å². The monoisotopic (exact) mass is 305 g/mol. The molecule has 2 N–H and O–H groups in total. The van der Waals surface area contributed by atoms with E-state index in [-0.39, 0.29) is 17.4 Å². The lowest BCUT2D eigenvalue weighted by Gasteiger charge is -2.41. The Labute approximate surface area is 130 Å². The number of rotatable bonds is 2. The van der Waals surface area contributed by atoms with Crippen molar-refractivity contribution in [3.63, 3.8) is 0 Å². The van der Waals surface area contributed by atoms with Gasteiger partial charge in [-0.05, 0) is 19.8 Å². The minimum atomic E-state index is -0.112. The second-order valence-corrected chi connectivity index (χ2v) is 5.99. The van der Waals surface area contributed by atoms with Crippen molar-refractivity contribution in [3.8, 4) is 0 Å². The van der Waals surface area contributed by atoms with E-state index in [1.165, 1.54) is 12.4 Å². The maximum absolute atomic E-state index is 12.5. The second-order valence-electron chi connectivity index (χ2n) is 5.99. The predicted octanol–water partition coefficient (Wildman–Crippen LogP) is 0.384. The second kappa shape index (κ2) is 6.58. The van der Waals surface area contributed by atoms with Gasteiger partial charge in [0, 0.05) is 44.6 Å². The highest BCUT2D eigenvalue weighted by atomic mass is 16.5. The van der Waals surface area contributed by atoms with Crippen molar-refractivity contribution < 1.29 is 9.53 Å². The van der Waals surface area contributed by atoms with Crippen LogP contribution in [0.15, 0.2) is 12.4 Å². The molecule has 3 heterocycles. The molecule has 0 unspecified atom stereocenters. The van der Waals surface area contributed by atoms with Gasteiger partial charge in [0.2, 0.25) is 0 Å². The zero-order valence-electron chi connectivity index (χ0n) is 12.9. The summed E-state index contributed by atoms with van der Waals surface area (Å²) in [6.45, 7) is 6.37. The van der Waals surface area contributed by atoms with Gasteiger partial charge in [0.25, 0.3) is 5.91 Å². The van der Waals surface area contributed by atoms with Crippen LogP contribution in [0.4, 0.5) is 5.82 Å². The molecule has 1 aromatic heterocycles. The zero-order chi connectivity index (χ0) is 15.5. The van der Waals surface area contributed by atoms with E-state index in [1.54, 1.807) is 0 Å². The Morgan fingerprint density at radius 2 is 2.00 bits per heavy atom. The van der Waals surface area contributed by atoms with E-state index in [0.29, 0.717) is 12.1 Å². The van der Waals surface area contributed by atoms with Crippen LogP contribution in [-0.2, 0) is 4.74 Å². The summed E-state index contributed by atoms with van der Waals surface area (Å²) >= 11 is 0. The lowest BCUT2D eigenvalue weighted by Crippen LogP contribution is -2.51. The fraction of sp³-hybridized carbons (Fsp3) is 0.667. The van der Waals surface area contributed by atoms with Crippen molar-refractivity contribution in [2.45, 2.75) is 31.9 Å². The number of hydrogen-bond donors (Lipinski definition) is 1. The molecule has 1 amide bonds. The van der Waals surface area contributed by atoms with Crippen molar-refractivity contribution in [1.82, 2.24) is 19.8 Å². The fourth-order valence-corrected chi connectivity index (χ4v) is 3.27. The minimum absolute atomic E-state index is 0.112. The van der Waals surface area contributed by atoms with Crippen LogP contribution in [0.3, 0.4) is 0 Å². The number of ether oxygens (including phenoxy) is 1. The van der Waals surface area contributed by atoms with Crippen LogP contribution in [0, 0.1) is 0 Å². The molecular weight excluding hydrogens is 282 g/mol. The third-order valence-electron chi connectivity index (χ3n) is 4.47. The first kappa shape index (κ1) is 15.2. The van der Waals surface area contributed by atoms with Crippen LogP contribution >= 0.6 is 0 Å². The maximum atomic E-state index is 12.5. The Morgan fingerprint density at radius 1 is 1.27 bits per heavy atom. The molecule has 2 fully saturated rings. The molecule has 22 heavy (non-hydrogen) atoms. The van der Waals surface area contributed by atoms with Gasteiger partial charge in [-0.2, -0.15) is 0 Å². The highest BCUT2D eigenvalue weighted by Crippen LogP contribution is 2.21. The topological polar surface area (TPSA) is 84.6 Å². The number of carbonyl (C=O) groups is 1. The van der Waals surface area contributed by atoms with Crippen LogP contribution < -0.4 is 5.73 Å². The molecule has 1 aromatic rings. The van der Waals surface area contributed by atoms with Crippen LogP contribution in [0.1, 0.15) is 30.3 Å². The molecule has 0 aromatic carbocycles. The predicted molar refractivity (Wildman–Crippen MR) is 82.4 cm³/mol. The summed E-state index contributed by atoms with van der Waals surface area (Å²) in [5, 5.41) is 0. The molecule has 0 aliphatic carbocycles. The largest absolute Gasteiger partial charge is 0.382 e. The Hall–Kier alpha value is -1.73. The standard InChI is InChI=1S/C15H23N5O2/c1-11-10-20(8-9-22-11)12-2-6-19(7-3-12)15(21)13-14(16)18-5-4-17-13/h4-5,11-12H,2-3,6-10H2,1H3,(H2,16,18)/t11-/m1/s1. The third kappa shape index (κ3) is 3.20. The van der Waals surface area contributed by atoms with Gasteiger partial charge in [-0.3, -0.25) is 9.69 Å². The number of morpholine rings is 1. The number of aromatic nitrogens is 2. The summed E-state index contributed by atoms with van der Waals surface area (Å²) in [5.41, 5.74) is 6.01. The van der Waals surface area contributed by atoms with Gasteiger partial charge in [0.05, 0.1) is 12.7 Å². The molecule has 2 aliphatic rings. The summed E-state index contributed by atoms with van der Waals surface area (Å²) in [6.07, 6.45) is 5.27. The number of nitrogens with zero attached hydrogens (tertiary/aromatic N) is 4. The number of amides is 1. The molecule has 2 aliphatic heterocycles. The first-order valence-corrected chi connectivity index (χ1v) is 7.86. The Balaban J connectivity index is 1.57. The molecule has 0 bridgehead atoms. The quantitative estimate of drug-likeness (QED) is 0.850. The summed E-state index contributed by atoms with van der Waals surface area (Å²) in [4.78, 5) is 24.8. The van der Waals surface area contributed by atoms with Crippen LogP contribution in [0.2, 0.25) is 0 Å². The normalized spacial score (nSPS) is 24.4. The van der Waals surface area contributed by atoms with E-state index in [1.807, 2.05) is 4.90 Å². The smallest absolute Gasteiger partial charge is 0.276 e. The van der Waals surface area contributed by atoms with E-state index < -0.39 is 0 Å².